The van der Waals surface area contributed by atoms with E-state index in [1.54, 1.807) is 12.1 Å². The van der Waals surface area contributed by atoms with Crippen LogP contribution in [0.3, 0.4) is 0 Å². The van der Waals surface area contributed by atoms with Crippen molar-refractivity contribution in [2.45, 2.75) is 26.7 Å². The second kappa shape index (κ2) is 7.01. The van der Waals surface area contributed by atoms with Gasteiger partial charge < -0.3 is 9.94 Å². The molecule has 1 rings (SSSR count). The van der Waals surface area contributed by atoms with E-state index in [0.29, 0.717) is 11.6 Å². The maximum atomic E-state index is 10.7. The maximum Gasteiger partial charge on any atom is 0.244 e. The van der Waals surface area contributed by atoms with E-state index in [1.807, 2.05) is 19.1 Å². The van der Waals surface area contributed by atoms with Gasteiger partial charge in [0.2, 0.25) is 5.69 Å². The van der Waals surface area contributed by atoms with Crippen molar-refractivity contribution in [1.82, 2.24) is 0 Å². The lowest BCUT2D eigenvalue weighted by Gasteiger charge is -2.11. The quantitative estimate of drug-likeness (QED) is 0.341. The van der Waals surface area contributed by atoms with Gasteiger partial charge >= 0.3 is 0 Å². The molecule has 1 atom stereocenters. The van der Waals surface area contributed by atoms with Crippen LogP contribution < -0.4 is 0 Å². The number of ether oxygens (including phenoxy) is 1. The molecule has 0 fully saturated rings. The van der Waals surface area contributed by atoms with E-state index in [-0.39, 0.29) is 4.86 Å². The van der Waals surface area contributed by atoms with Gasteiger partial charge in [-0.1, -0.05) is 23.9 Å². The summed E-state index contributed by atoms with van der Waals surface area (Å²) in [7, 11) is 0. The van der Waals surface area contributed by atoms with Gasteiger partial charge in [0.15, 0.2) is 0 Å². The van der Waals surface area contributed by atoms with E-state index in [4.69, 9.17) is 10.3 Å². The Labute approximate surface area is 102 Å². The van der Waals surface area contributed by atoms with E-state index in [0.717, 1.165) is 26.1 Å². The molecular weight excluding hydrogens is 216 g/mol. The molecule has 4 heteroatoms. The fourth-order valence-corrected chi connectivity index (χ4v) is 1.70. The first-order chi connectivity index (χ1) is 8.13. The molecule has 0 aromatic heterocycles. The number of benzene rings is 1. The first kappa shape index (κ1) is 13.6. The van der Waals surface area contributed by atoms with E-state index < -0.39 is 0 Å². The highest BCUT2D eigenvalue weighted by molar-refractivity contribution is 5.32. The van der Waals surface area contributed by atoms with Gasteiger partial charge in [-0.25, -0.2) is 0 Å². The number of nitrogens with one attached hydrogen (secondary N) is 1. The lowest BCUT2D eigenvalue weighted by molar-refractivity contribution is -0.465. The van der Waals surface area contributed by atoms with Gasteiger partial charge in [-0.15, -0.1) is 0 Å². The van der Waals surface area contributed by atoms with Gasteiger partial charge in [-0.2, -0.15) is 0 Å². The minimum atomic E-state index is 0.127. The standard InChI is InChI=1S/C13H20N2O2/c1-3-17-9-8-11(2)10-12-4-6-13(7-5-12)15(14)16/h4-7,11,14H,3,8-10H2,1-2H3. The van der Waals surface area contributed by atoms with Crippen LogP contribution in [-0.2, 0) is 11.2 Å². The fraction of sp³-hybridized carbons (Fsp3) is 0.538. The average Bonchev–Trinajstić information content (AvgIpc) is 2.30. The Kier molecular flexibility index (Phi) is 5.63. The largest absolute Gasteiger partial charge is 0.594 e. The summed E-state index contributed by atoms with van der Waals surface area (Å²) in [6.07, 6.45) is 2.02. The molecule has 0 aliphatic heterocycles. The summed E-state index contributed by atoms with van der Waals surface area (Å²) in [5.74, 6) is 0.562. The van der Waals surface area contributed by atoms with Gasteiger partial charge in [0.05, 0.1) is 0 Å². The number of hydrogen-bond acceptors (Lipinski definition) is 3. The summed E-state index contributed by atoms with van der Waals surface area (Å²) < 4.78 is 5.32. The fourth-order valence-electron chi connectivity index (χ4n) is 1.70. The molecule has 1 aromatic carbocycles. The molecule has 0 saturated heterocycles. The topological polar surface area (TPSA) is 59.2 Å². The zero-order chi connectivity index (χ0) is 12.7. The summed E-state index contributed by atoms with van der Waals surface area (Å²) in [4.78, 5) is 0.127. The van der Waals surface area contributed by atoms with E-state index in [1.165, 1.54) is 5.56 Å². The molecule has 0 aliphatic carbocycles. The highest BCUT2D eigenvalue weighted by Crippen LogP contribution is 2.16. The third-order valence-electron chi connectivity index (χ3n) is 2.71. The van der Waals surface area contributed by atoms with Gasteiger partial charge in [0.1, 0.15) is 0 Å². The van der Waals surface area contributed by atoms with Crippen molar-refractivity contribution < 1.29 is 9.60 Å². The molecule has 94 valence electrons. The molecule has 1 aromatic rings. The van der Waals surface area contributed by atoms with Crippen molar-refractivity contribution in [1.29, 1.82) is 5.53 Å². The van der Waals surface area contributed by atoms with Gasteiger partial charge in [-0.05, 0) is 36.8 Å². The van der Waals surface area contributed by atoms with Crippen LogP contribution in [0.25, 0.3) is 0 Å². The van der Waals surface area contributed by atoms with Crippen molar-refractivity contribution in [3.05, 3.63) is 35.0 Å². The van der Waals surface area contributed by atoms with Gasteiger partial charge in [0.25, 0.3) is 0 Å². The Morgan fingerprint density at radius 2 is 2.00 bits per heavy atom. The monoisotopic (exact) mass is 236 g/mol. The molecule has 4 nitrogen and oxygen atoms in total. The number of rotatable bonds is 7. The molecule has 17 heavy (non-hydrogen) atoms. The molecule has 0 amide bonds. The van der Waals surface area contributed by atoms with Crippen LogP contribution in [0.15, 0.2) is 24.3 Å². The van der Waals surface area contributed by atoms with Crippen LogP contribution in [0, 0.1) is 16.7 Å². The molecule has 0 spiro atoms. The molecule has 0 heterocycles. The van der Waals surface area contributed by atoms with E-state index >= 15 is 0 Å². The zero-order valence-electron chi connectivity index (χ0n) is 10.5. The highest BCUT2D eigenvalue weighted by Gasteiger charge is 2.05. The second-order valence-electron chi connectivity index (χ2n) is 4.26. The van der Waals surface area contributed by atoms with Crippen LogP contribution >= 0.6 is 0 Å². The Morgan fingerprint density at radius 3 is 2.53 bits per heavy atom. The Balaban J connectivity index is 2.43. The molecule has 1 N–H and O–H groups in total. The summed E-state index contributed by atoms with van der Waals surface area (Å²) in [6.45, 7) is 5.76. The third kappa shape index (κ3) is 4.95. The normalized spacial score (nSPS) is 12.4. The van der Waals surface area contributed by atoms with Gasteiger partial charge in [0, 0.05) is 25.3 Å². The maximum absolute atomic E-state index is 10.7. The lowest BCUT2D eigenvalue weighted by atomic mass is 9.98. The molecular formula is C13H20N2O2. The summed E-state index contributed by atoms with van der Waals surface area (Å²) in [5.41, 5.74) is 8.47. The molecule has 0 aliphatic rings. The predicted molar refractivity (Wildman–Crippen MR) is 66.4 cm³/mol. The first-order valence-corrected chi connectivity index (χ1v) is 5.98. The van der Waals surface area contributed by atoms with Crippen molar-refractivity contribution in [3.63, 3.8) is 0 Å². The Morgan fingerprint density at radius 1 is 1.35 bits per heavy atom. The Hall–Kier alpha value is -1.42. The summed E-state index contributed by atoms with van der Waals surface area (Å²) in [5, 5.41) is 10.7. The van der Waals surface area contributed by atoms with Crippen LogP contribution in [-0.4, -0.2) is 18.1 Å². The highest BCUT2D eigenvalue weighted by atomic mass is 16.5. The van der Waals surface area contributed by atoms with Crippen molar-refractivity contribution in [2.24, 2.45) is 5.92 Å². The van der Waals surface area contributed by atoms with Crippen LogP contribution in [0.4, 0.5) is 5.69 Å². The average molecular weight is 236 g/mol. The van der Waals surface area contributed by atoms with E-state index in [2.05, 4.69) is 6.92 Å². The predicted octanol–water partition coefficient (Wildman–Crippen LogP) is 3.46. The van der Waals surface area contributed by atoms with E-state index in [9.17, 15) is 5.21 Å². The van der Waals surface area contributed by atoms with Gasteiger partial charge in [-0.3, -0.25) is 0 Å². The first-order valence-electron chi connectivity index (χ1n) is 5.98. The summed E-state index contributed by atoms with van der Waals surface area (Å²) in [6, 6.07) is 7.19. The van der Waals surface area contributed by atoms with Crippen LogP contribution in [0.1, 0.15) is 25.8 Å². The third-order valence-corrected chi connectivity index (χ3v) is 2.71. The smallest absolute Gasteiger partial charge is 0.244 e. The minimum Gasteiger partial charge on any atom is -0.594 e. The lowest BCUT2D eigenvalue weighted by Crippen LogP contribution is -2.05. The Bertz CT molecular complexity index is 349. The van der Waals surface area contributed by atoms with Crippen LogP contribution in [0.5, 0.6) is 0 Å². The summed E-state index contributed by atoms with van der Waals surface area (Å²) >= 11 is 0. The minimum absolute atomic E-state index is 0.127. The number of hydrogen-bond donors (Lipinski definition) is 1. The number of nitrogens with zero attached hydrogens (tertiary/aromatic N) is 1. The second-order valence-corrected chi connectivity index (χ2v) is 4.26. The van der Waals surface area contributed by atoms with Crippen molar-refractivity contribution in [3.8, 4) is 0 Å². The molecule has 0 radical (unpaired) electrons. The molecule has 1 unspecified atom stereocenters. The molecule has 0 bridgehead atoms. The SMILES string of the molecule is CCOCCC(C)Cc1ccc([N+](=N)[O-])cc1. The van der Waals surface area contributed by atoms with Crippen LogP contribution in [0.2, 0.25) is 0 Å². The molecule has 0 saturated carbocycles. The van der Waals surface area contributed by atoms with Crippen molar-refractivity contribution >= 4 is 5.69 Å². The zero-order valence-corrected chi connectivity index (χ0v) is 10.5. The van der Waals surface area contributed by atoms with Crippen molar-refractivity contribution in [2.75, 3.05) is 13.2 Å².